The number of methoxy groups -OCH3 is 2. The summed E-state index contributed by atoms with van der Waals surface area (Å²) in [4.78, 5) is 24.5. The van der Waals surface area contributed by atoms with E-state index >= 15 is 0 Å². The Hall–Kier alpha value is -2.50. The first-order valence-electron chi connectivity index (χ1n) is 7.39. The Kier molecular flexibility index (Phi) is 5.26. The summed E-state index contributed by atoms with van der Waals surface area (Å²) >= 11 is 0. The number of ether oxygens (including phenoxy) is 4. The van der Waals surface area contributed by atoms with Crippen molar-refractivity contribution in [3.05, 3.63) is 28.8 Å². The molecule has 0 N–H and O–H groups in total. The van der Waals surface area contributed by atoms with Gasteiger partial charge in [0.1, 0.15) is 0 Å². The highest BCUT2D eigenvalue weighted by molar-refractivity contribution is 6.25. The molecule has 0 amide bonds. The molecule has 1 aliphatic carbocycles. The van der Waals surface area contributed by atoms with Gasteiger partial charge in [0.15, 0.2) is 11.5 Å². The van der Waals surface area contributed by atoms with Crippen molar-refractivity contribution >= 4 is 17.5 Å². The fourth-order valence-electron chi connectivity index (χ4n) is 2.57. The van der Waals surface area contributed by atoms with Crippen LogP contribution in [0.4, 0.5) is 0 Å². The van der Waals surface area contributed by atoms with E-state index in [9.17, 15) is 9.59 Å². The quantitative estimate of drug-likeness (QED) is 0.748. The van der Waals surface area contributed by atoms with Crippen molar-refractivity contribution in [2.45, 2.75) is 20.3 Å². The molecule has 0 spiro atoms. The molecule has 0 radical (unpaired) electrons. The van der Waals surface area contributed by atoms with E-state index in [-0.39, 0.29) is 18.8 Å². The maximum absolute atomic E-state index is 12.3. The molecule has 0 atom stereocenters. The summed E-state index contributed by atoms with van der Waals surface area (Å²) < 4.78 is 20.7. The second kappa shape index (κ2) is 7.17. The van der Waals surface area contributed by atoms with Gasteiger partial charge in [-0.15, -0.1) is 0 Å². The Morgan fingerprint density at radius 3 is 2.09 bits per heavy atom. The van der Waals surface area contributed by atoms with Crippen molar-refractivity contribution in [2.75, 3.05) is 27.4 Å². The molecule has 0 fully saturated rings. The van der Waals surface area contributed by atoms with Crippen LogP contribution >= 0.6 is 0 Å². The topological polar surface area (TPSA) is 71.1 Å². The molecule has 1 aromatic rings. The van der Waals surface area contributed by atoms with E-state index in [0.717, 1.165) is 5.56 Å². The molecular weight excluding hydrogens is 300 g/mol. The van der Waals surface area contributed by atoms with E-state index in [1.54, 1.807) is 26.0 Å². The average molecular weight is 320 g/mol. The lowest BCUT2D eigenvalue weighted by molar-refractivity contribution is -0.140. The molecule has 0 aliphatic heterocycles. The zero-order valence-corrected chi connectivity index (χ0v) is 13.7. The molecule has 0 heterocycles. The first-order valence-corrected chi connectivity index (χ1v) is 7.39. The molecule has 0 saturated carbocycles. The SMILES string of the molecule is CCOC(=O)C1=C(C(=O)OCC)c2cc(OC)c(OC)cc2C1. The van der Waals surface area contributed by atoms with Gasteiger partial charge in [0.05, 0.1) is 38.6 Å². The van der Waals surface area contributed by atoms with Crippen molar-refractivity contribution in [3.8, 4) is 11.5 Å². The highest BCUT2D eigenvalue weighted by Crippen LogP contribution is 2.41. The molecule has 0 saturated heterocycles. The molecule has 1 aliphatic rings. The van der Waals surface area contributed by atoms with Crippen LogP contribution in [0.2, 0.25) is 0 Å². The van der Waals surface area contributed by atoms with Gasteiger partial charge in [-0.3, -0.25) is 0 Å². The molecule has 0 aromatic heterocycles. The molecule has 0 unspecified atom stereocenters. The summed E-state index contributed by atoms with van der Waals surface area (Å²) in [7, 11) is 3.05. The largest absolute Gasteiger partial charge is 0.493 e. The Morgan fingerprint density at radius 2 is 1.52 bits per heavy atom. The third kappa shape index (κ3) is 3.16. The van der Waals surface area contributed by atoms with Gasteiger partial charge in [-0.2, -0.15) is 0 Å². The lowest BCUT2D eigenvalue weighted by Gasteiger charge is -2.11. The second-order valence-corrected chi connectivity index (χ2v) is 4.84. The normalized spacial score (nSPS) is 12.7. The maximum Gasteiger partial charge on any atom is 0.339 e. The van der Waals surface area contributed by atoms with Gasteiger partial charge in [0.2, 0.25) is 0 Å². The van der Waals surface area contributed by atoms with Crippen LogP contribution in [0.3, 0.4) is 0 Å². The van der Waals surface area contributed by atoms with Gasteiger partial charge in [-0.05, 0) is 37.1 Å². The van der Waals surface area contributed by atoms with E-state index < -0.39 is 11.9 Å². The van der Waals surface area contributed by atoms with E-state index in [2.05, 4.69) is 0 Å². The minimum Gasteiger partial charge on any atom is -0.493 e. The van der Waals surface area contributed by atoms with Gasteiger partial charge in [0, 0.05) is 6.42 Å². The van der Waals surface area contributed by atoms with E-state index in [1.807, 2.05) is 0 Å². The summed E-state index contributed by atoms with van der Waals surface area (Å²) in [6.45, 7) is 3.89. The predicted octanol–water partition coefficient (Wildman–Crippen LogP) is 2.14. The molecule has 2 rings (SSSR count). The van der Waals surface area contributed by atoms with Crippen molar-refractivity contribution in [1.82, 2.24) is 0 Å². The van der Waals surface area contributed by atoms with E-state index in [0.29, 0.717) is 29.1 Å². The smallest absolute Gasteiger partial charge is 0.339 e. The predicted molar refractivity (Wildman–Crippen MR) is 83.4 cm³/mol. The Labute approximate surface area is 135 Å². The highest BCUT2D eigenvalue weighted by atomic mass is 16.5. The molecule has 0 bridgehead atoms. The lowest BCUT2D eigenvalue weighted by atomic mass is 10.0. The van der Waals surface area contributed by atoms with Crippen LogP contribution in [0.25, 0.3) is 5.57 Å². The molecule has 1 aromatic carbocycles. The average Bonchev–Trinajstić information content (AvgIpc) is 2.92. The number of fused-ring (bicyclic) bond motifs is 1. The van der Waals surface area contributed by atoms with Gasteiger partial charge in [0.25, 0.3) is 0 Å². The van der Waals surface area contributed by atoms with Crippen LogP contribution in [0.5, 0.6) is 11.5 Å². The van der Waals surface area contributed by atoms with Gasteiger partial charge in [-0.25, -0.2) is 9.59 Å². The third-order valence-corrected chi connectivity index (χ3v) is 3.55. The fourth-order valence-corrected chi connectivity index (χ4v) is 2.57. The van der Waals surface area contributed by atoms with E-state index in [4.69, 9.17) is 18.9 Å². The Morgan fingerprint density at radius 1 is 0.957 bits per heavy atom. The Bertz CT molecular complexity index is 659. The fraction of sp³-hybridized carbons (Fsp3) is 0.412. The Balaban J connectivity index is 2.56. The van der Waals surface area contributed by atoms with Crippen LogP contribution in [0.15, 0.2) is 17.7 Å². The number of hydrogen-bond acceptors (Lipinski definition) is 6. The third-order valence-electron chi connectivity index (χ3n) is 3.55. The summed E-state index contributed by atoms with van der Waals surface area (Å²) in [6, 6.07) is 3.45. The summed E-state index contributed by atoms with van der Waals surface area (Å²) in [5.74, 6) is -0.0241. The maximum atomic E-state index is 12.3. The lowest BCUT2D eigenvalue weighted by Crippen LogP contribution is -2.13. The zero-order valence-electron chi connectivity index (χ0n) is 13.7. The van der Waals surface area contributed by atoms with Crippen molar-refractivity contribution in [3.63, 3.8) is 0 Å². The summed E-state index contributed by atoms with van der Waals surface area (Å²) in [5.41, 5.74) is 1.95. The van der Waals surface area contributed by atoms with Gasteiger partial charge >= 0.3 is 11.9 Å². The highest BCUT2D eigenvalue weighted by Gasteiger charge is 2.33. The molecular formula is C17H20O6. The number of rotatable bonds is 6. The minimum absolute atomic E-state index is 0.223. The van der Waals surface area contributed by atoms with Crippen molar-refractivity contribution < 1.29 is 28.5 Å². The monoisotopic (exact) mass is 320 g/mol. The number of esters is 2. The van der Waals surface area contributed by atoms with Gasteiger partial charge in [-0.1, -0.05) is 0 Å². The van der Waals surface area contributed by atoms with Crippen molar-refractivity contribution in [2.24, 2.45) is 0 Å². The van der Waals surface area contributed by atoms with Gasteiger partial charge < -0.3 is 18.9 Å². The van der Waals surface area contributed by atoms with Crippen LogP contribution in [-0.2, 0) is 25.5 Å². The van der Waals surface area contributed by atoms with Crippen LogP contribution in [-0.4, -0.2) is 39.4 Å². The standard InChI is InChI=1S/C17H20O6/c1-5-22-16(18)12-7-10-8-13(20-3)14(21-4)9-11(10)15(12)17(19)23-6-2/h8-9H,5-7H2,1-4H3. The second-order valence-electron chi connectivity index (χ2n) is 4.84. The minimum atomic E-state index is -0.540. The summed E-state index contributed by atoms with van der Waals surface area (Å²) in [6.07, 6.45) is 0.294. The molecule has 124 valence electrons. The molecule has 6 heteroatoms. The first kappa shape index (κ1) is 16.9. The van der Waals surface area contributed by atoms with Crippen LogP contribution in [0.1, 0.15) is 25.0 Å². The van der Waals surface area contributed by atoms with Crippen LogP contribution in [0, 0.1) is 0 Å². The first-order chi connectivity index (χ1) is 11.1. The zero-order chi connectivity index (χ0) is 17.0. The number of carbonyl (C=O) groups excluding carboxylic acids is 2. The number of carbonyl (C=O) groups is 2. The van der Waals surface area contributed by atoms with E-state index in [1.165, 1.54) is 14.2 Å². The van der Waals surface area contributed by atoms with Crippen molar-refractivity contribution in [1.29, 1.82) is 0 Å². The number of benzene rings is 1. The van der Waals surface area contributed by atoms with Crippen LogP contribution < -0.4 is 9.47 Å². The number of hydrogen-bond donors (Lipinski definition) is 0. The molecule has 6 nitrogen and oxygen atoms in total. The summed E-state index contributed by atoms with van der Waals surface area (Å²) in [5, 5.41) is 0. The molecule has 23 heavy (non-hydrogen) atoms.